The van der Waals surface area contributed by atoms with Crippen molar-refractivity contribution in [1.82, 2.24) is 9.97 Å². The molecule has 9 heteroatoms. The van der Waals surface area contributed by atoms with Gasteiger partial charge in [-0.15, -0.1) is 11.8 Å². The fourth-order valence-corrected chi connectivity index (χ4v) is 5.37. The first-order valence-electron chi connectivity index (χ1n) is 8.40. The van der Waals surface area contributed by atoms with Gasteiger partial charge in [-0.25, -0.2) is 13.4 Å². The Labute approximate surface area is 157 Å². The van der Waals surface area contributed by atoms with Crippen molar-refractivity contribution in [1.29, 1.82) is 0 Å². The summed E-state index contributed by atoms with van der Waals surface area (Å²) in [6.07, 6.45) is 7.90. The van der Waals surface area contributed by atoms with Gasteiger partial charge in [0.25, 0.3) is 0 Å². The zero-order chi connectivity index (χ0) is 18.7. The van der Waals surface area contributed by atoms with E-state index < -0.39 is 9.84 Å². The zero-order valence-corrected chi connectivity index (χ0v) is 16.4. The second-order valence-corrected chi connectivity index (χ2v) is 8.93. The number of aromatic nitrogens is 2. The predicted octanol–water partition coefficient (Wildman–Crippen LogP) is 2.69. The van der Waals surface area contributed by atoms with Crippen LogP contribution < -0.4 is 10.1 Å². The first-order chi connectivity index (χ1) is 12.5. The van der Waals surface area contributed by atoms with E-state index in [9.17, 15) is 13.5 Å². The Morgan fingerprint density at radius 1 is 1.35 bits per heavy atom. The van der Waals surface area contributed by atoms with Crippen molar-refractivity contribution >= 4 is 27.3 Å². The molecule has 142 valence electrons. The Hall–Kier alpha value is -1.71. The lowest BCUT2D eigenvalue weighted by Crippen LogP contribution is -2.28. The van der Waals surface area contributed by atoms with E-state index in [2.05, 4.69) is 15.3 Å². The van der Waals surface area contributed by atoms with Crippen molar-refractivity contribution in [2.24, 2.45) is 0 Å². The van der Waals surface area contributed by atoms with Crippen molar-refractivity contribution in [3.63, 3.8) is 0 Å². The maximum atomic E-state index is 12.9. The second kappa shape index (κ2) is 7.89. The van der Waals surface area contributed by atoms with Crippen LogP contribution in [0.2, 0.25) is 0 Å². The number of H-pyrrole nitrogens is 1. The number of hydrogen-bond acceptors (Lipinski definition) is 7. The van der Waals surface area contributed by atoms with Gasteiger partial charge >= 0.3 is 0 Å². The van der Waals surface area contributed by atoms with Gasteiger partial charge in [0.15, 0.2) is 5.03 Å². The highest BCUT2D eigenvalue weighted by atomic mass is 32.2. The molecule has 2 aromatic heterocycles. The molecule has 0 atom stereocenters. The van der Waals surface area contributed by atoms with Gasteiger partial charge in [0.05, 0.1) is 30.1 Å². The van der Waals surface area contributed by atoms with Crippen LogP contribution in [-0.4, -0.2) is 49.0 Å². The van der Waals surface area contributed by atoms with Crippen LogP contribution >= 0.6 is 11.8 Å². The Morgan fingerprint density at radius 3 is 2.73 bits per heavy atom. The number of nitrogens with one attached hydrogen (secondary N) is 2. The summed E-state index contributed by atoms with van der Waals surface area (Å²) in [5, 5.41) is 13.5. The number of aromatic amines is 1. The van der Waals surface area contributed by atoms with Crippen molar-refractivity contribution in [2.45, 2.75) is 52.8 Å². The first-order valence-corrected chi connectivity index (χ1v) is 11.1. The molecule has 0 aromatic carbocycles. The Balaban J connectivity index is 1.86. The van der Waals surface area contributed by atoms with Crippen LogP contribution in [0, 0.1) is 0 Å². The van der Waals surface area contributed by atoms with Crippen LogP contribution in [0.15, 0.2) is 39.5 Å². The predicted molar refractivity (Wildman–Crippen MR) is 101 cm³/mol. The molecule has 0 saturated heterocycles. The second-order valence-electron chi connectivity index (χ2n) is 6.25. The summed E-state index contributed by atoms with van der Waals surface area (Å²) in [6, 6.07) is 3.20. The molecule has 7 nitrogen and oxygen atoms in total. The molecular formula is C17H23N3O4S2. The molecule has 2 aromatic rings. The summed E-state index contributed by atoms with van der Waals surface area (Å²) in [5.41, 5.74) is 0.659. The van der Waals surface area contributed by atoms with Crippen LogP contribution in [0.4, 0.5) is 5.69 Å². The Bertz CT molecular complexity index is 859. The molecule has 0 aliphatic heterocycles. The highest BCUT2D eigenvalue weighted by Gasteiger charge is 2.26. The van der Waals surface area contributed by atoms with E-state index in [4.69, 9.17) is 4.74 Å². The molecule has 0 radical (unpaired) electrons. The summed E-state index contributed by atoms with van der Waals surface area (Å²) in [7, 11) is -2.23. The largest absolute Gasteiger partial charge is 0.494 e. The standard InChI is InChI=1S/C17H23N3O4S2/c1-24-14-9-16(26(22,23)15-7-8-18-17(15)25-2)19-10-13(14)20-11-3-5-12(21)6-4-11/h7-12,18,20-21H,3-6H2,1-2H3. The molecular weight excluding hydrogens is 374 g/mol. The normalized spacial score (nSPS) is 20.7. The zero-order valence-electron chi connectivity index (χ0n) is 14.7. The fraction of sp³-hybridized carbons (Fsp3) is 0.471. The van der Waals surface area contributed by atoms with Gasteiger partial charge in [-0.05, 0) is 38.0 Å². The van der Waals surface area contributed by atoms with Gasteiger partial charge < -0.3 is 20.1 Å². The molecule has 1 saturated carbocycles. The molecule has 0 spiro atoms. The number of ether oxygens (including phenoxy) is 1. The highest BCUT2D eigenvalue weighted by molar-refractivity contribution is 7.99. The van der Waals surface area contributed by atoms with Gasteiger partial charge in [0.1, 0.15) is 10.6 Å². The maximum Gasteiger partial charge on any atom is 0.226 e. The van der Waals surface area contributed by atoms with Crippen molar-refractivity contribution < 1.29 is 18.3 Å². The smallest absolute Gasteiger partial charge is 0.226 e. The van der Waals surface area contributed by atoms with Crippen LogP contribution in [0.1, 0.15) is 25.7 Å². The van der Waals surface area contributed by atoms with Gasteiger partial charge in [-0.2, -0.15) is 0 Å². The number of aliphatic hydroxyl groups excluding tert-OH is 1. The van der Waals surface area contributed by atoms with Crippen LogP contribution in [0.3, 0.4) is 0 Å². The van der Waals surface area contributed by atoms with E-state index in [1.807, 2.05) is 6.26 Å². The van der Waals surface area contributed by atoms with Crippen LogP contribution in [0.5, 0.6) is 5.75 Å². The maximum absolute atomic E-state index is 12.9. The van der Waals surface area contributed by atoms with E-state index in [0.717, 1.165) is 25.7 Å². The molecule has 1 fully saturated rings. The molecule has 0 amide bonds. The number of aliphatic hydroxyl groups is 1. The van der Waals surface area contributed by atoms with Gasteiger partial charge in [-0.1, -0.05) is 0 Å². The molecule has 3 rings (SSSR count). The van der Waals surface area contributed by atoms with E-state index in [1.165, 1.54) is 37.2 Å². The van der Waals surface area contributed by atoms with Crippen LogP contribution in [0.25, 0.3) is 0 Å². The first kappa shape index (κ1) is 19.1. The summed E-state index contributed by atoms with van der Waals surface area (Å²) in [6.45, 7) is 0. The number of pyridine rings is 1. The number of thioether (sulfide) groups is 1. The lowest BCUT2D eigenvalue weighted by molar-refractivity contribution is 0.126. The van der Waals surface area contributed by atoms with E-state index in [-0.39, 0.29) is 22.1 Å². The highest BCUT2D eigenvalue weighted by Crippen LogP contribution is 2.33. The molecule has 2 heterocycles. The number of methoxy groups -OCH3 is 1. The number of nitrogens with zero attached hydrogens (tertiary/aromatic N) is 1. The number of rotatable bonds is 6. The Morgan fingerprint density at radius 2 is 2.08 bits per heavy atom. The summed E-state index contributed by atoms with van der Waals surface area (Å²) in [4.78, 5) is 7.30. The molecule has 1 aliphatic carbocycles. The third-order valence-electron chi connectivity index (χ3n) is 4.56. The third-order valence-corrected chi connectivity index (χ3v) is 7.13. The van der Waals surface area contributed by atoms with Crippen molar-refractivity contribution in [3.8, 4) is 5.75 Å². The summed E-state index contributed by atoms with van der Waals surface area (Å²) < 4.78 is 31.1. The molecule has 3 N–H and O–H groups in total. The molecule has 0 unspecified atom stereocenters. The molecule has 26 heavy (non-hydrogen) atoms. The third kappa shape index (κ3) is 3.84. The number of anilines is 1. The lowest BCUT2D eigenvalue weighted by Gasteiger charge is -2.27. The van der Waals surface area contributed by atoms with Crippen LogP contribution in [-0.2, 0) is 9.84 Å². The summed E-state index contributed by atoms with van der Waals surface area (Å²) in [5.74, 6) is 0.436. The quantitative estimate of drug-likeness (QED) is 0.644. The minimum atomic E-state index is -3.73. The van der Waals surface area contributed by atoms with Crippen molar-refractivity contribution in [3.05, 3.63) is 24.5 Å². The summed E-state index contributed by atoms with van der Waals surface area (Å²) >= 11 is 1.33. The Kier molecular flexibility index (Phi) is 5.79. The minimum Gasteiger partial charge on any atom is -0.494 e. The average molecular weight is 398 g/mol. The SMILES string of the molecule is COc1cc(S(=O)(=O)c2cc[nH]c2SC)ncc1NC1CCC(O)CC1. The number of hydrogen-bond donors (Lipinski definition) is 3. The average Bonchev–Trinajstić information content (AvgIpc) is 3.13. The molecule has 1 aliphatic rings. The van der Waals surface area contributed by atoms with E-state index >= 15 is 0 Å². The monoisotopic (exact) mass is 397 g/mol. The minimum absolute atomic E-state index is 0.0473. The van der Waals surface area contributed by atoms with E-state index in [1.54, 1.807) is 6.20 Å². The topological polar surface area (TPSA) is 104 Å². The van der Waals surface area contributed by atoms with Crippen molar-refractivity contribution in [2.75, 3.05) is 18.7 Å². The van der Waals surface area contributed by atoms with Gasteiger partial charge in [0, 0.05) is 18.3 Å². The number of sulfone groups is 1. The molecule has 0 bridgehead atoms. The lowest BCUT2D eigenvalue weighted by atomic mass is 9.93. The fourth-order valence-electron chi connectivity index (χ4n) is 3.11. The van der Waals surface area contributed by atoms with E-state index in [0.29, 0.717) is 16.5 Å². The van der Waals surface area contributed by atoms with Gasteiger partial charge in [-0.3, -0.25) is 0 Å². The van der Waals surface area contributed by atoms with Gasteiger partial charge in [0.2, 0.25) is 9.84 Å².